The number of benzene rings is 1. The molecule has 2 aromatic rings. The molecule has 1 aromatic heterocycles. The average Bonchev–Trinajstić information content (AvgIpc) is 2.90. The van der Waals surface area contributed by atoms with Crippen molar-refractivity contribution in [1.29, 1.82) is 0 Å². The normalized spacial score (nSPS) is 12.5. The van der Waals surface area contributed by atoms with Gasteiger partial charge in [0.2, 0.25) is 0 Å². The average molecular weight is 435 g/mol. The molecule has 0 bridgehead atoms. The summed E-state index contributed by atoms with van der Waals surface area (Å²) in [4.78, 5) is 24.8. The number of aromatic nitrogens is 1. The number of ether oxygens (including phenoxy) is 1. The number of rotatable bonds is 7. The quantitative estimate of drug-likeness (QED) is 0.662. The van der Waals surface area contributed by atoms with Crippen LogP contribution >= 0.6 is 15.9 Å². The Morgan fingerprint density at radius 3 is 2.44 bits per heavy atom. The van der Waals surface area contributed by atoms with Gasteiger partial charge in [-0.3, -0.25) is 9.59 Å². The first-order valence-electron chi connectivity index (χ1n) is 9.02. The highest BCUT2D eigenvalue weighted by Crippen LogP contribution is 2.16. The molecule has 0 radical (unpaired) electrons. The van der Waals surface area contributed by atoms with Crippen molar-refractivity contribution >= 4 is 27.8 Å². The Morgan fingerprint density at radius 2 is 1.89 bits per heavy atom. The lowest BCUT2D eigenvalue weighted by atomic mass is 10.0. The molecule has 1 heterocycles. The summed E-state index contributed by atoms with van der Waals surface area (Å²) in [5.41, 5.74) is 1.17. The van der Waals surface area contributed by atoms with Crippen LogP contribution in [0.5, 0.6) is 0 Å². The number of hydrogen-bond acceptors (Lipinski definition) is 3. The Labute approximate surface area is 169 Å². The van der Waals surface area contributed by atoms with Crippen molar-refractivity contribution in [2.75, 3.05) is 0 Å². The number of esters is 1. The monoisotopic (exact) mass is 434 g/mol. The van der Waals surface area contributed by atoms with E-state index in [-0.39, 0.29) is 24.3 Å². The molecule has 1 aromatic carbocycles. The predicted octanol–water partition coefficient (Wildman–Crippen LogP) is 4.25. The van der Waals surface area contributed by atoms with E-state index in [9.17, 15) is 9.59 Å². The molecule has 1 atom stereocenters. The first kappa shape index (κ1) is 21.2. The maximum absolute atomic E-state index is 12.7. The molecule has 0 aliphatic heterocycles. The lowest BCUT2D eigenvalue weighted by Gasteiger charge is -2.22. The molecule has 27 heavy (non-hydrogen) atoms. The summed E-state index contributed by atoms with van der Waals surface area (Å²) in [6.07, 6.45) is 3.26. The summed E-state index contributed by atoms with van der Waals surface area (Å²) in [5.74, 6) is -0.412. The molecule has 0 saturated heterocycles. The van der Waals surface area contributed by atoms with Gasteiger partial charge in [0.05, 0.1) is 0 Å². The Kier molecular flexibility index (Phi) is 7.25. The minimum Gasteiger partial charge on any atom is -0.460 e. The number of nitrogens with one attached hydrogen (secondary N) is 1. The third kappa shape index (κ3) is 7.21. The van der Waals surface area contributed by atoms with E-state index in [0.29, 0.717) is 18.5 Å². The maximum atomic E-state index is 12.7. The maximum Gasteiger partial charge on any atom is 0.306 e. The summed E-state index contributed by atoms with van der Waals surface area (Å²) in [6.45, 7) is 5.55. The van der Waals surface area contributed by atoms with Crippen molar-refractivity contribution in [3.8, 4) is 0 Å². The molecule has 0 fully saturated rings. The van der Waals surface area contributed by atoms with Crippen LogP contribution in [0.2, 0.25) is 0 Å². The summed E-state index contributed by atoms with van der Waals surface area (Å²) in [5, 5.41) is 3.07. The van der Waals surface area contributed by atoms with E-state index in [0.717, 1.165) is 10.0 Å². The fourth-order valence-corrected chi connectivity index (χ4v) is 3.34. The Morgan fingerprint density at radius 1 is 1.22 bits per heavy atom. The zero-order valence-electron chi connectivity index (χ0n) is 16.3. The standard InChI is InChI=1S/C21H27BrN2O3/c1-21(2,3)27-19(25)11-10-17(12-15-8-6-5-7-9-15)23-20(26)18-13-16(22)14-24(18)4/h5-9,13-14,17H,10-12H2,1-4H3,(H,23,26). The fourth-order valence-electron chi connectivity index (χ4n) is 2.82. The Balaban J connectivity index is 2.06. The van der Waals surface area contributed by atoms with Gasteiger partial charge in [-0.05, 0) is 61.2 Å². The van der Waals surface area contributed by atoms with Crippen LogP contribution in [-0.2, 0) is 23.0 Å². The van der Waals surface area contributed by atoms with Gasteiger partial charge in [0.25, 0.3) is 5.91 Å². The van der Waals surface area contributed by atoms with Crippen molar-refractivity contribution in [3.05, 3.63) is 58.3 Å². The van der Waals surface area contributed by atoms with Crippen molar-refractivity contribution in [3.63, 3.8) is 0 Å². The van der Waals surface area contributed by atoms with Crippen LogP contribution in [0.1, 0.15) is 49.7 Å². The molecule has 146 valence electrons. The van der Waals surface area contributed by atoms with Gasteiger partial charge in [-0.2, -0.15) is 0 Å². The van der Waals surface area contributed by atoms with Gasteiger partial charge < -0.3 is 14.6 Å². The van der Waals surface area contributed by atoms with Gasteiger partial charge in [0.1, 0.15) is 11.3 Å². The van der Waals surface area contributed by atoms with E-state index < -0.39 is 5.60 Å². The number of aryl methyl sites for hydroxylation is 1. The van der Waals surface area contributed by atoms with E-state index in [1.165, 1.54) is 0 Å². The first-order chi connectivity index (χ1) is 12.6. The van der Waals surface area contributed by atoms with Crippen LogP contribution in [0, 0.1) is 0 Å². The van der Waals surface area contributed by atoms with Crippen molar-refractivity contribution < 1.29 is 14.3 Å². The van der Waals surface area contributed by atoms with E-state index in [1.54, 1.807) is 10.6 Å². The zero-order chi connectivity index (χ0) is 20.0. The summed E-state index contributed by atoms with van der Waals surface area (Å²) in [7, 11) is 1.83. The summed E-state index contributed by atoms with van der Waals surface area (Å²) in [6, 6.07) is 11.5. The SMILES string of the molecule is Cn1cc(Br)cc1C(=O)NC(CCC(=O)OC(C)(C)C)Cc1ccccc1. The minimum absolute atomic E-state index is 0.159. The largest absolute Gasteiger partial charge is 0.460 e. The lowest BCUT2D eigenvalue weighted by Crippen LogP contribution is -2.38. The van der Waals surface area contributed by atoms with Crippen LogP contribution in [0.3, 0.4) is 0 Å². The van der Waals surface area contributed by atoms with Crippen molar-refractivity contribution in [2.24, 2.45) is 7.05 Å². The third-order valence-corrected chi connectivity index (χ3v) is 4.41. The van der Waals surface area contributed by atoms with Crippen LogP contribution in [0.25, 0.3) is 0 Å². The molecular weight excluding hydrogens is 408 g/mol. The second-order valence-corrected chi connectivity index (χ2v) is 8.56. The lowest BCUT2D eigenvalue weighted by molar-refractivity contribution is -0.155. The van der Waals surface area contributed by atoms with Crippen LogP contribution in [0.15, 0.2) is 47.1 Å². The number of amides is 1. The molecule has 0 saturated carbocycles. The van der Waals surface area contributed by atoms with Gasteiger partial charge in [-0.25, -0.2) is 0 Å². The molecule has 0 aliphatic carbocycles. The Hall–Kier alpha value is -2.08. The molecule has 0 spiro atoms. The highest BCUT2D eigenvalue weighted by atomic mass is 79.9. The predicted molar refractivity (Wildman–Crippen MR) is 110 cm³/mol. The van der Waals surface area contributed by atoms with Crippen LogP contribution < -0.4 is 5.32 Å². The second kappa shape index (κ2) is 9.22. The topological polar surface area (TPSA) is 60.3 Å². The molecular formula is C21H27BrN2O3. The van der Waals surface area contributed by atoms with Gasteiger partial charge in [-0.1, -0.05) is 30.3 Å². The third-order valence-electron chi connectivity index (χ3n) is 3.98. The highest BCUT2D eigenvalue weighted by Gasteiger charge is 2.21. The van der Waals surface area contributed by atoms with E-state index in [4.69, 9.17) is 4.74 Å². The van der Waals surface area contributed by atoms with Crippen LogP contribution in [0.4, 0.5) is 0 Å². The molecule has 5 nitrogen and oxygen atoms in total. The van der Waals surface area contributed by atoms with Crippen molar-refractivity contribution in [2.45, 2.75) is 51.7 Å². The minimum atomic E-state index is -0.509. The molecule has 6 heteroatoms. The van der Waals surface area contributed by atoms with E-state index in [1.807, 2.05) is 64.3 Å². The smallest absolute Gasteiger partial charge is 0.306 e. The van der Waals surface area contributed by atoms with Gasteiger partial charge in [0, 0.05) is 30.2 Å². The number of carbonyl (C=O) groups excluding carboxylic acids is 2. The zero-order valence-corrected chi connectivity index (χ0v) is 17.9. The number of halogens is 1. The molecule has 0 aliphatic rings. The van der Waals surface area contributed by atoms with Gasteiger partial charge in [0.15, 0.2) is 0 Å². The van der Waals surface area contributed by atoms with Gasteiger partial charge in [-0.15, -0.1) is 0 Å². The number of hydrogen-bond donors (Lipinski definition) is 1. The van der Waals surface area contributed by atoms with Gasteiger partial charge >= 0.3 is 5.97 Å². The highest BCUT2D eigenvalue weighted by molar-refractivity contribution is 9.10. The summed E-state index contributed by atoms with van der Waals surface area (Å²) < 4.78 is 8.01. The number of carbonyl (C=O) groups is 2. The number of nitrogens with zero attached hydrogens (tertiary/aromatic N) is 1. The van der Waals surface area contributed by atoms with E-state index in [2.05, 4.69) is 21.2 Å². The van der Waals surface area contributed by atoms with E-state index >= 15 is 0 Å². The van der Waals surface area contributed by atoms with Crippen LogP contribution in [-0.4, -0.2) is 28.1 Å². The summed E-state index contributed by atoms with van der Waals surface area (Å²) >= 11 is 3.39. The molecule has 2 rings (SSSR count). The molecule has 1 unspecified atom stereocenters. The molecule has 1 N–H and O–H groups in total. The first-order valence-corrected chi connectivity index (χ1v) is 9.82. The molecule has 1 amide bonds. The fraction of sp³-hybridized carbons (Fsp3) is 0.429. The van der Waals surface area contributed by atoms with Crippen molar-refractivity contribution in [1.82, 2.24) is 9.88 Å². The Bertz CT molecular complexity index is 778. The second-order valence-electron chi connectivity index (χ2n) is 7.64.